The van der Waals surface area contributed by atoms with Gasteiger partial charge in [0, 0.05) is 32.7 Å². The number of hydrogen-bond donors (Lipinski definition) is 1. The van der Waals surface area contributed by atoms with Crippen LogP contribution in [0.25, 0.3) is 0 Å². The first kappa shape index (κ1) is 17.9. The van der Waals surface area contributed by atoms with Crippen LogP contribution in [0.1, 0.15) is 19.3 Å². The van der Waals surface area contributed by atoms with Crippen molar-refractivity contribution >= 4 is 17.5 Å². The Hall–Kier alpha value is -2.12. The van der Waals surface area contributed by atoms with Gasteiger partial charge >= 0.3 is 0 Å². The van der Waals surface area contributed by atoms with Crippen molar-refractivity contribution in [1.82, 2.24) is 9.80 Å². The van der Waals surface area contributed by atoms with Gasteiger partial charge in [0.1, 0.15) is 5.75 Å². The molecule has 1 aliphatic carbocycles. The summed E-state index contributed by atoms with van der Waals surface area (Å²) in [5.41, 5.74) is 0.889. The van der Waals surface area contributed by atoms with Crippen LogP contribution < -0.4 is 4.90 Å². The molecule has 0 spiro atoms. The van der Waals surface area contributed by atoms with Crippen LogP contribution in [0.15, 0.2) is 24.3 Å². The van der Waals surface area contributed by atoms with Crippen molar-refractivity contribution in [3.8, 4) is 5.75 Å². The van der Waals surface area contributed by atoms with E-state index in [2.05, 4.69) is 9.80 Å². The molecule has 2 amide bonds. The lowest BCUT2D eigenvalue weighted by Crippen LogP contribution is -2.47. The smallest absolute Gasteiger partial charge is 0.233 e. The zero-order valence-corrected chi connectivity index (χ0v) is 16.0. The molecule has 7 nitrogen and oxygen atoms in total. The molecule has 5 rings (SSSR count). The number of epoxide rings is 1. The first-order valence-electron chi connectivity index (χ1n) is 10.4. The Morgan fingerprint density at radius 1 is 0.929 bits per heavy atom. The second-order valence-electron chi connectivity index (χ2n) is 8.40. The number of phenolic OH excluding ortho intramolecular Hbond substituents is 1. The van der Waals surface area contributed by atoms with Crippen LogP contribution >= 0.6 is 0 Å². The second kappa shape index (κ2) is 7.04. The number of rotatable bonds is 5. The fraction of sp³-hybridized carbons (Fsp3) is 0.619. The van der Waals surface area contributed by atoms with E-state index in [1.807, 2.05) is 18.2 Å². The van der Waals surface area contributed by atoms with Crippen LogP contribution in [0.4, 0.5) is 5.69 Å². The number of nitrogens with zero attached hydrogens (tertiary/aromatic N) is 3. The minimum absolute atomic E-state index is 0.0216. The molecule has 1 saturated carbocycles. The Morgan fingerprint density at radius 2 is 1.57 bits per heavy atom. The van der Waals surface area contributed by atoms with Gasteiger partial charge in [0.25, 0.3) is 0 Å². The van der Waals surface area contributed by atoms with Gasteiger partial charge in [0.05, 0.1) is 29.7 Å². The summed E-state index contributed by atoms with van der Waals surface area (Å²) in [6.45, 7) is 4.98. The highest BCUT2D eigenvalue weighted by molar-refractivity contribution is 6.05. The Bertz CT molecular complexity index is 749. The molecule has 1 aromatic rings. The number of amides is 2. The third-order valence-electron chi connectivity index (χ3n) is 6.76. The van der Waals surface area contributed by atoms with Gasteiger partial charge in [0.2, 0.25) is 11.8 Å². The maximum atomic E-state index is 12.6. The van der Waals surface area contributed by atoms with Crippen molar-refractivity contribution < 1.29 is 19.4 Å². The van der Waals surface area contributed by atoms with E-state index in [0.717, 1.165) is 57.7 Å². The number of piperazine rings is 1. The number of likely N-dealkylation sites (tertiary alicyclic amines) is 1. The van der Waals surface area contributed by atoms with Crippen LogP contribution in [0.2, 0.25) is 0 Å². The van der Waals surface area contributed by atoms with Crippen molar-refractivity contribution in [1.29, 1.82) is 0 Å². The summed E-state index contributed by atoms with van der Waals surface area (Å²) in [7, 11) is 0. The lowest BCUT2D eigenvalue weighted by Gasteiger charge is -2.36. The third kappa shape index (κ3) is 3.16. The number of fused-ring (bicyclic) bond motifs is 2. The molecule has 28 heavy (non-hydrogen) atoms. The predicted octanol–water partition coefficient (Wildman–Crippen LogP) is 1.07. The standard InChI is InChI=1S/C21H27N3O4/c25-17-5-2-1-4-16(17)23-10-8-22(9-11-23)6-3-7-24-20(26)14-12-18-19(28-18)13-15(14)21(24)27/h1-2,4-5,14-15,18-19,25H,3,6-13H2. The van der Waals surface area contributed by atoms with E-state index >= 15 is 0 Å². The maximum absolute atomic E-state index is 12.6. The Balaban J connectivity index is 1.09. The highest BCUT2D eigenvalue weighted by Gasteiger charge is 2.58. The van der Waals surface area contributed by atoms with E-state index in [-0.39, 0.29) is 35.9 Å². The van der Waals surface area contributed by atoms with Crippen LogP contribution in [0.3, 0.4) is 0 Å². The minimum atomic E-state index is -0.140. The minimum Gasteiger partial charge on any atom is -0.506 e. The molecule has 4 atom stereocenters. The highest BCUT2D eigenvalue weighted by Crippen LogP contribution is 2.47. The molecule has 4 aliphatic rings. The van der Waals surface area contributed by atoms with Crippen molar-refractivity contribution in [3.63, 3.8) is 0 Å². The maximum Gasteiger partial charge on any atom is 0.233 e. The van der Waals surface area contributed by atoms with Crippen molar-refractivity contribution in [2.75, 3.05) is 44.2 Å². The van der Waals surface area contributed by atoms with E-state index < -0.39 is 0 Å². The summed E-state index contributed by atoms with van der Waals surface area (Å²) in [6.07, 6.45) is 2.71. The number of benzene rings is 1. The van der Waals surface area contributed by atoms with Crippen molar-refractivity contribution in [2.24, 2.45) is 11.8 Å². The predicted molar refractivity (Wildman–Crippen MR) is 103 cm³/mol. The summed E-state index contributed by atoms with van der Waals surface area (Å²) >= 11 is 0. The molecule has 7 heteroatoms. The Labute approximate surface area is 164 Å². The normalized spacial score (nSPS) is 32.4. The van der Waals surface area contributed by atoms with Gasteiger partial charge in [-0.25, -0.2) is 0 Å². The van der Waals surface area contributed by atoms with E-state index in [0.29, 0.717) is 12.3 Å². The Morgan fingerprint density at radius 3 is 2.21 bits per heavy atom. The van der Waals surface area contributed by atoms with Gasteiger partial charge in [-0.05, 0) is 37.9 Å². The zero-order chi connectivity index (χ0) is 19.3. The molecular formula is C21H27N3O4. The first-order valence-corrected chi connectivity index (χ1v) is 10.4. The molecule has 0 bridgehead atoms. The Kier molecular flexibility index (Phi) is 4.51. The molecule has 3 heterocycles. The largest absolute Gasteiger partial charge is 0.506 e. The molecule has 4 unspecified atom stereocenters. The number of para-hydroxylation sites is 2. The average molecular weight is 385 g/mol. The van der Waals surface area contributed by atoms with E-state index in [1.165, 1.54) is 4.90 Å². The van der Waals surface area contributed by atoms with Crippen molar-refractivity contribution in [2.45, 2.75) is 31.5 Å². The molecule has 1 aromatic carbocycles. The summed E-state index contributed by atoms with van der Waals surface area (Å²) < 4.78 is 5.51. The number of anilines is 1. The summed E-state index contributed by atoms with van der Waals surface area (Å²) in [4.78, 5) is 31.4. The van der Waals surface area contributed by atoms with Gasteiger partial charge in [-0.15, -0.1) is 0 Å². The van der Waals surface area contributed by atoms with Gasteiger partial charge in [-0.2, -0.15) is 0 Å². The average Bonchev–Trinajstić information content (AvgIpc) is 3.44. The van der Waals surface area contributed by atoms with E-state index in [9.17, 15) is 14.7 Å². The summed E-state index contributed by atoms with van der Waals surface area (Å²) in [5, 5.41) is 10.0. The van der Waals surface area contributed by atoms with E-state index in [4.69, 9.17) is 4.74 Å². The number of imide groups is 1. The number of phenols is 1. The molecule has 3 aliphatic heterocycles. The number of carbonyl (C=O) groups is 2. The number of aromatic hydroxyl groups is 1. The number of hydrogen-bond acceptors (Lipinski definition) is 6. The third-order valence-corrected chi connectivity index (χ3v) is 6.76. The van der Waals surface area contributed by atoms with Crippen LogP contribution in [-0.2, 0) is 14.3 Å². The van der Waals surface area contributed by atoms with Crippen molar-refractivity contribution in [3.05, 3.63) is 24.3 Å². The van der Waals surface area contributed by atoms with Gasteiger partial charge in [0.15, 0.2) is 0 Å². The molecule has 150 valence electrons. The highest BCUT2D eigenvalue weighted by atomic mass is 16.6. The van der Waals surface area contributed by atoms with Crippen LogP contribution in [0, 0.1) is 11.8 Å². The molecule has 3 saturated heterocycles. The summed E-state index contributed by atoms with van der Waals surface area (Å²) in [6, 6.07) is 7.45. The molecule has 1 N–H and O–H groups in total. The lowest BCUT2D eigenvalue weighted by atomic mass is 9.81. The fourth-order valence-electron chi connectivity index (χ4n) is 5.09. The fourth-order valence-corrected chi connectivity index (χ4v) is 5.09. The topological polar surface area (TPSA) is 76.6 Å². The second-order valence-corrected chi connectivity index (χ2v) is 8.40. The monoisotopic (exact) mass is 385 g/mol. The first-order chi connectivity index (χ1) is 13.6. The number of ether oxygens (including phenoxy) is 1. The summed E-state index contributed by atoms with van der Waals surface area (Å²) in [5.74, 6) is 0.0878. The van der Waals surface area contributed by atoms with Gasteiger partial charge in [-0.3, -0.25) is 19.4 Å². The van der Waals surface area contributed by atoms with E-state index in [1.54, 1.807) is 6.07 Å². The van der Waals surface area contributed by atoms with Gasteiger partial charge in [-0.1, -0.05) is 12.1 Å². The van der Waals surface area contributed by atoms with Crippen LogP contribution in [-0.4, -0.2) is 78.2 Å². The molecule has 0 radical (unpaired) electrons. The SMILES string of the molecule is O=C1C2CC3OC3CC2C(=O)N1CCCN1CCN(c2ccccc2O)CC1. The molecule has 4 fully saturated rings. The van der Waals surface area contributed by atoms with Crippen LogP contribution in [0.5, 0.6) is 5.75 Å². The quantitative estimate of drug-likeness (QED) is 0.604. The molecule has 0 aromatic heterocycles. The molecular weight excluding hydrogens is 358 g/mol. The lowest BCUT2D eigenvalue weighted by molar-refractivity contribution is -0.140. The zero-order valence-electron chi connectivity index (χ0n) is 16.0. The van der Waals surface area contributed by atoms with Gasteiger partial charge < -0.3 is 14.7 Å². The number of carbonyl (C=O) groups excluding carboxylic acids is 2.